The predicted octanol–water partition coefficient (Wildman–Crippen LogP) is 5.91. The summed E-state index contributed by atoms with van der Waals surface area (Å²) in [6, 6.07) is 9.31. The molecule has 0 spiro atoms. The van der Waals surface area contributed by atoms with Gasteiger partial charge in [-0.15, -0.1) is 0 Å². The number of likely N-dealkylation sites (tertiary alicyclic amines) is 1. The molecule has 2 aliphatic heterocycles. The third-order valence-corrected chi connectivity index (χ3v) is 11.8. The summed E-state index contributed by atoms with van der Waals surface area (Å²) in [5, 5.41) is 6.73. The van der Waals surface area contributed by atoms with Crippen molar-refractivity contribution in [2.45, 2.75) is 95.9 Å². The van der Waals surface area contributed by atoms with Crippen LogP contribution < -0.4 is 15.4 Å². The summed E-state index contributed by atoms with van der Waals surface area (Å²) in [5.41, 5.74) is 2.26. The van der Waals surface area contributed by atoms with E-state index in [4.69, 9.17) is 32.7 Å². The minimum Gasteiger partial charge on any atom is -0.487 e. The molecule has 1 aromatic heterocycles. The Kier molecular flexibility index (Phi) is 12.1. The number of carbonyl (C=O) groups is 3. The van der Waals surface area contributed by atoms with Gasteiger partial charge in [0.1, 0.15) is 34.4 Å². The molecule has 12 nitrogen and oxygen atoms in total. The summed E-state index contributed by atoms with van der Waals surface area (Å²) >= 11 is 13.3. The van der Waals surface area contributed by atoms with E-state index in [0.29, 0.717) is 55.6 Å². The van der Waals surface area contributed by atoms with Crippen molar-refractivity contribution in [3.05, 3.63) is 63.3 Å². The van der Waals surface area contributed by atoms with E-state index in [-0.39, 0.29) is 58.9 Å². The standard InChI is InChI=1S/C36H45Cl2N5O7S/c1-22-20-23(2)40-33-25(22)8-6-10-29(33)49-21-26-27(37)11-12-30(32(26)38)51(47,48)43-17-7-9-28(43)34(45)41-24-14-18-42(19-15-24)31(44)13-16-39-35(46)50-36(3,4)5/h6,8,10-12,20,24,28H,7,9,13-19,21H2,1-5H3,(H,39,46)(H,41,45)/t28-/m0/s1. The highest BCUT2D eigenvalue weighted by Gasteiger charge is 2.41. The molecule has 2 saturated heterocycles. The van der Waals surface area contributed by atoms with Crippen LogP contribution in [0.3, 0.4) is 0 Å². The molecule has 0 unspecified atom stereocenters. The molecule has 0 saturated carbocycles. The molecule has 2 fully saturated rings. The number of hydrogen-bond donors (Lipinski definition) is 2. The molecule has 2 N–H and O–H groups in total. The lowest BCUT2D eigenvalue weighted by Crippen LogP contribution is -2.52. The first-order valence-corrected chi connectivity index (χ1v) is 19.3. The number of para-hydroxylation sites is 1. The number of aryl methyl sites for hydroxylation is 2. The van der Waals surface area contributed by atoms with Crippen LogP contribution in [0.1, 0.15) is 69.7 Å². The highest BCUT2D eigenvalue weighted by molar-refractivity contribution is 7.89. The Morgan fingerprint density at radius 3 is 2.45 bits per heavy atom. The monoisotopic (exact) mass is 761 g/mol. The molecule has 51 heavy (non-hydrogen) atoms. The maximum Gasteiger partial charge on any atom is 0.407 e. The number of benzene rings is 2. The first kappa shape index (κ1) is 38.6. The van der Waals surface area contributed by atoms with Gasteiger partial charge in [0, 0.05) is 60.3 Å². The Hall–Kier alpha value is -3.65. The van der Waals surface area contributed by atoms with Gasteiger partial charge in [0.05, 0.1) is 5.02 Å². The van der Waals surface area contributed by atoms with Crippen LogP contribution >= 0.6 is 23.2 Å². The lowest BCUT2D eigenvalue weighted by Gasteiger charge is -2.33. The van der Waals surface area contributed by atoms with Crippen molar-refractivity contribution in [1.82, 2.24) is 24.8 Å². The summed E-state index contributed by atoms with van der Waals surface area (Å²) in [5.74, 6) is 0.0268. The number of alkyl carbamates (subject to hydrolysis) is 1. The van der Waals surface area contributed by atoms with E-state index >= 15 is 0 Å². The molecule has 5 rings (SSSR count). The fraction of sp³-hybridized carbons (Fsp3) is 0.500. The van der Waals surface area contributed by atoms with Crippen LogP contribution in [0.4, 0.5) is 4.79 Å². The van der Waals surface area contributed by atoms with Crippen LogP contribution in [0.15, 0.2) is 41.3 Å². The van der Waals surface area contributed by atoms with Gasteiger partial charge in [-0.1, -0.05) is 35.3 Å². The zero-order chi connectivity index (χ0) is 37.1. The summed E-state index contributed by atoms with van der Waals surface area (Å²) in [6.07, 6.45) is 1.47. The van der Waals surface area contributed by atoms with Crippen molar-refractivity contribution < 1.29 is 32.3 Å². The minimum atomic E-state index is -4.20. The fourth-order valence-electron chi connectivity index (χ4n) is 6.46. The number of sulfonamides is 1. The normalized spacial score (nSPS) is 17.4. The van der Waals surface area contributed by atoms with E-state index in [1.165, 1.54) is 16.4 Å². The van der Waals surface area contributed by atoms with E-state index in [1.54, 1.807) is 31.7 Å². The Bertz CT molecular complexity index is 1910. The van der Waals surface area contributed by atoms with Crippen molar-refractivity contribution in [1.29, 1.82) is 0 Å². The molecule has 1 atom stereocenters. The maximum absolute atomic E-state index is 14.1. The molecule has 15 heteroatoms. The van der Waals surface area contributed by atoms with E-state index in [1.807, 2.05) is 32.0 Å². The number of halogens is 2. The molecular weight excluding hydrogens is 717 g/mol. The first-order valence-electron chi connectivity index (χ1n) is 17.1. The van der Waals surface area contributed by atoms with E-state index < -0.39 is 27.8 Å². The Balaban J connectivity index is 1.19. The van der Waals surface area contributed by atoms with Gasteiger partial charge in [0.25, 0.3) is 0 Å². The van der Waals surface area contributed by atoms with Crippen LogP contribution in [0.2, 0.25) is 10.0 Å². The molecule has 2 aromatic carbocycles. The predicted molar refractivity (Wildman–Crippen MR) is 196 cm³/mol. The van der Waals surface area contributed by atoms with E-state index in [2.05, 4.69) is 15.6 Å². The lowest BCUT2D eigenvalue weighted by molar-refractivity contribution is -0.132. The first-order chi connectivity index (χ1) is 24.0. The second kappa shape index (κ2) is 15.9. The summed E-state index contributed by atoms with van der Waals surface area (Å²) in [4.78, 5) is 44.3. The third-order valence-electron chi connectivity index (χ3n) is 8.95. The van der Waals surface area contributed by atoms with Crippen molar-refractivity contribution in [3.63, 3.8) is 0 Å². The largest absolute Gasteiger partial charge is 0.487 e. The van der Waals surface area contributed by atoms with Gasteiger partial charge in [-0.05, 0) is 90.1 Å². The number of amides is 3. The molecule has 2 aliphatic rings. The number of rotatable bonds is 10. The Morgan fingerprint density at radius 1 is 1.02 bits per heavy atom. The zero-order valence-corrected chi connectivity index (χ0v) is 31.9. The molecule has 0 radical (unpaired) electrons. The number of piperidine rings is 1. The number of pyridine rings is 1. The molecule has 0 aliphatic carbocycles. The van der Waals surface area contributed by atoms with Gasteiger partial charge in [0.2, 0.25) is 21.8 Å². The van der Waals surface area contributed by atoms with Crippen molar-refractivity contribution >= 4 is 62.0 Å². The topological polar surface area (TPSA) is 147 Å². The number of ether oxygens (including phenoxy) is 2. The fourth-order valence-corrected chi connectivity index (χ4v) is 8.98. The van der Waals surface area contributed by atoms with Crippen molar-refractivity contribution in [2.75, 3.05) is 26.2 Å². The Labute approximate surface area is 309 Å². The smallest absolute Gasteiger partial charge is 0.407 e. The lowest BCUT2D eigenvalue weighted by atomic mass is 10.0. The second-order valence-corrected chi connectivity index (χ2v) is 16.6. The van der Waals surface area contributed by atoms with E-state index in [9.17, 15) is 22.8 Å². The van der Waals surface area contributed by atoms with Gasteiger partial charge < -0.3 is 25.0 Å². The number of aromatic nitrogens is 1. The number of nitrogens with zero attached hydrogens (tertiary/aromatic N) is 3. The second-order valence-electron chi connectivity index (χ2n) is 14.0. The average Bonchev–Trinajstić information content (AvgIpc) is 3.56. The van der Waals surface area contributed by atoms with Gasteiger partial charge in [0.15, 0.2) is 0 Å². The van der Waals surface area contributed by atoms with Crippen LogP contribution in [0, 0.1) is 13.8 Å². The van der Waals surface area contributed by atoms with Gasteiger partial charge >= 0.3 is 6.09 Å². The van der Waals surface area contributed by atoms with Gasteiger partial charge in [-0.2, -0.15) is 4.31 Å². The summed E-state index contributed by atoms with van der Waals surface area (Å²) in [7, 11) is -4.20. The molecule has 3 amide bonds. The number of nitrogens with one attached hydrogen (secondary N) is 2. The van der Waals surface area contributed by atoms with Crippen LogP contribution in [-0.4, -0.2) is 84.4 Å². The van der Waals surface area contributed by atoms with Crippen molar-refractivity contribution in [2.24, 2.45) is 0 Å². The SMILES string of the molecule is Cc1cc(C)c2cccc(OCc3c(Cl)ccc(S(=O)(=O)N4CCC[C@H]4C(=O)NC4CCN(C(=O)CCNC(=O)OC(C)(C)C)CC4)c3Cl)c2n1. The average molecular weight is 763 g/mol. The quantitative estimate of drug-likeness (QED) is 0.259. The highest BCUT2D eigenvalue weighted by Crippen LogP contribution is 2.37. The van der Waals surface area contributed by atoms with Gasteiger partial charge in [-0.3, -0.25) is 9.59 Å². The summed E-state index contributed by atoms with van der Waals surface area (Å²) in [6.45, 7) is 10.3. The van der Waals surface area contributed by atoms with Crippen LogP contribution in [0.25, 0.3) is 10.9 Å². The number of hydrogen-bond acceptors (Lipinski definition) is 8. The third kappa shape index (κ3) is 9.24. The minimum absolute atomic E-state index is 0.0625. The van der Waals surface area contributed by atoms with E-state index in [0.717, 1.165) is 16.6 Å². The molecule has 3 aromatic rings. The molecule has 0 bridgehead atoms. The number of carbonyl (C=O) groups excluding carboxylic acids is 3. The molecule has 276 valence electrons. The number of fused-ring (bicyclic) bond motifs is 1. The molecule has 3 heterocycles. The summed E-state index contributed by atoms with van der Waals surface area (Å²) < 4.78 is 40.6. The maximum atomic E-state index is 14.1. The highest BCUT2D eigenvalue weighted by atomic mass is 35.5. The van der Waals surface area contributed by atoms with Crippen LogP contribution in [0.5, 0.6) is 5.75 Å². The Morgan fingerprint density at radius 2 is 1.75 bits per heavy atom. The van der Waals surface area contributed by atoms with Crippen molar-refractivity contribution in [3.8, 4) is 5.75 Å². The molecular formula is C36H45Cl2N5O7S. The zero-order valence-electron chi connectivity index (χ0n) is 29.6. The van der Waals surface area contributed by atoms with Gasteiger partial charge in [-0.25, -0.2) is 18.2 Å². The van der Waals surface area contributed by atoms with Crippen LogP contribution in [-0.2, 0) is 31.0 Å².